The third kappa shape index (κ3) is 3.71. The molecule has 0 unspecified atom stereocenters. The average Bonchev–Trinajstić information content (AvgIpc) is 2.98. The van der Waals surface area contributed by atoms with E-state index in [1.807, 2.05) is 30.3 Å². The fourth-order valence-corrected chi connectivity index (χ4v) is 3.91. The summed E-state index contributed by atoms with van der Waals surface area (Å²) in [6, 6.07) is 16.1. The third-order valence-corrected chi connectivity index (χ3v) is 5.49. The molecule has 5 nitrogen and oxygen atoms in total. The molecule has 1 N–H and O–H groups in total. The van der Waals surface area contributed by atoms with Crippen molar-refractivity contribution in [3.63, 3.8) is 0 Å². The minimum Gasteiger partial charge on any atom is -0.360 e. The molecular formula is C21H23FN3O2+. The molecule has 2 aliphatic heterocycles. The molecule has 27 heavy (non-hydrogen) atoms. The van der Waals surface area contributed by atoms with Gasteiger partial charge in [-0.25, -0.2) is 9.29 Å². The molecule has 2 saturated heterocycles. The van der Waals surface area contributed by atoms with E-state index in [0.29, 0.717) is 6.67 Å². The highest BCUT2D eigenvalue weighted by Gasteiger charge is 2.41. The highest BCUT2D eigenvalue weighted by atomic mass is 19.1. The first-order chi connectivity index (χ1) is 13.1. The Morgan fingerprint density at radius 1 is 0.963 bits per heavy atom. The number of hydrogen-bond acceptors (Lipinski definition) is 3. The van der Waals surface area contributed by atoms with E-state index in [1.165, 1.54) is 21.9 Å². The van der Waals surface area contributed by atoms with Crippen molar-refractivity contribution in [2.45, 2.75) is 12.3 Å². The van der Waals surface area contributed by atoms with Crippen LogP contribution < -0.4 is 9.80 Å². The van der Waals surface area contributed by atoms with Gasteiger partial charge in [-0.3, -0.25) is 9.59 Å². The van der Waals surface area contributed by atoms with Crippen LogP contribution in [-0.4, -0.2) is 49.6 Å². The predicted octanol–water partition coefficient (Wildman–Crippen LogP) is 1.03. The zero-order valence-corrected chi connectivity index (χ0v) is 15.1. The minimum absolute atomic E-state index is 0.0812. The van der Waals surface area contributed by atoms with Crippen LogP contribution >= 0.6 is 0 Å². The van der Waals surface area contributed by atoms with Gasteiger partial charge in [-0.15, -0.1) is 0 Å². The van der Waals surface area contributed by atoms with E-state index in [9.17, 15) is 14.0 Å². The Kier molecular flexibility index (Phi) is 4.90. The zero-order valence-electron chi connectivity index (χ0n) is 15.1. The van der Waals surface area contributed by atoms with E-state index in [-0.39, 0.29) is 30.0 Å². The van der Waals surface area contributed by atoms with Crippen molar-refractivity contribution in [1.82, 2.24) is 4.90 Å². The van der Waals surface area contributed by atoms with Crippen molar-refractivity contribution in [1.29, 1.82) is 0 Å². The molecule has 4 rings (SSSR count). The highest BCUT2D eigenvalue weighted by molar-refractivity contribution is 6.06. The monoisotopic (exact) mass is 368 g/mol. The average molecular weight is 368 g/mol. The number of likely N-dealkylation sites (tertiary alicyclic amines) is 1. The molecule has 2 aromatic rings. The molecule has 0 bridgehead atoms. The number of amides is 2. The van der Waals surface area contributed by atoms with Crippen LogP contribution in [-0.2, 0) is 9.59 Å². The summed E-state index contributed by atoms with van der Waals surface area (Å²) in [6.07, 6.45) is 0.262. The molecule has 0 saturated carbocycles. The molecule has 0 spiro atoms. The summed E-state index contributed by atoms with van der Waals surface area (Å²) in [7, 11) is 0. The molecule has 6 heteroatoms. The predicted molar refractivity (Wildman–Crippen MR) is 99.8 cm³/mol. The molecule has 2 aromatic carbocycles. The van der Waals surface area contributed by atoms with E-state index in [0.717, 1.165) is 37.4 Å². The number of quaternary nitrogens is 1. The lowest BCUT2D eigenvalue weighted by atomic mass is 9.98. The van der Waals surface area contributed by atoms with Crippen LogP contribution in [0, 0.1) is 5.82 Å². The maximum atomic E-state index is 13.1. The van der Waals surface area contributed by atoms with Crippen molar-refractivity contribution in [2.24, 2.45) is 0 Å². The minimum atomic E-state index is -0.349. The molecular weight excluding hydrogens is 345 g/mol. The van der Waals surface area contributed by atoms with Gasteiger partial charge in [0, 0.05) is 12.1 Å². The Morgan fingerprint density at radius 2 is 1.63 bits per heavy atom. The number of benzene rings is 2. The lowest BCUT2D eigenvalue weighted by molar-refractivity contribution is -0.907. The van der Waals surface area contributed by atoms with Gasteiger partial charge >= 0.3 is 0 Å². The molecule has 0 aromatic heterocycles. The fraction of sp³-hybridized carbons (Fsp3) is 0.333. The molecule has 2 amide bonds. The maximum Gasteiger partial charge on any atom is 0.241 e. The summed E-state index contributed by atoms with van der Waals surface area (Å²) in [4.78, 5) is 30.0. The lowest BCUT2D eigenvalue weighted by Gasteiger charge is -2.34. The number of halogens is 1. The lowest BCUT2D eigenvalue weighted by Crippen LogP contribution is -3.16. The van der Waals surface area contributed by atoms with Crippen LogP contribution in [0.4, 0.5) is 10.1 Å². The van der Waals surface area contributed by atoms with Gasteiger partial charge in [-0.1, -0.05) is 30.3 Å². The molecule has 2 aliphatic rings. The van der Waals surface area contributed by atoms with Crippen LogP contribution in [0.15, 0.2) is 54.6 Å². The number of imide groups is 1. The Morgan fingerprint density at radius 3 is 2.30 bits per heavy atom. The molecule has 140 valence electrons. The number of carbonyl (C=O) groups excluding carboxylic acids is 2. The van der Waals surface area contributed by atoms with Gasteiger partial charge in [0.05, 0.1) is 32.1 Å². The fourth-order valence-electron chi connectivity index (χ4n) is 3.91. The zero-order chi connectivity index (χ0) is 18.8. The number of piperazine rings is 1. The van der Waals surface area contributed by atoms with E-state index in [2.05, 4.69) is 4.90 Å². The number of nitrogens with zero attached hydrogens (tertiary/aromatic N) is 2. The van der Waals surface area contributed by atoms with E-state index in [4.69, 9.17) is 0 Å². The second-order valence-corrected chi connectivity index (χ2v) is 7.20. The Hall–Kier alpha value is -2.73. The number of carbonyl (C=O) groups is 2. The number of hydrogen-bond donors (Lipinski definition) is 1. The second-order valence-electron chi connectivity index (χ2n) is 7.20. The molecule has 1 atom stereocenters. The van der Waals surface area contributed by atoms with Gasteiger partial charge in [0.2, 0.25) is 11.8 Å². The summed E-state index contributed by atoms with van der Waals surface area (Å²) in [5.41, 5.74) is 1.92. The van der Waals surface area contributed by atoms with Gasteiger partial charge < -0.3 is 9.80 Å². The van der Waals surface area contributed by atoms with Crippen molar-refractivity contribution in [3.05, 3.63) is 66.0 Å². The van der Waals surface area contributed by atoms with Gasteiger partial charge in [-0.2, -0.15) is 0 Å². The van der Waals surface area contributed by atoms with E-state index in [1.54, 1.807) is 12.1 Å². The summed E-state index contributed by atoms with van der Waals surface area (Å²) in [6.45, 7) is 3.74. The number of anilines is 1. The van der Waals surface area contributed by atoms with Crippen molar-refractivity contribution in [3.8, 4) is 0 Å². The van der Waals surface area contributed by atoms with Crippen LogP contribution in [0.2, 0.25) is 0 Å². The molecule has 0 aliphatic carbocycles. The molecule has 2 heterocycles. The maximum absolute atomic E-state index is 13.1. The Labute approximate surface area is 158 Å². The Balaban J connectivity index is 1.35. The SMILES string of the molecule is O=C1C[C@@H](c2ccccc2)C(=O)N1C[NH+]1CCN(c2ccc(F)cc2)CC1. The summed E-state index contributed by atoms with van der Waals surface area (Å²) >= 11 is 0. The van der Waals surface area contributed by atoms with Crippen molar-refractivity contribution >= 4 is 17.5 Å². The quantitative estimate of drug-likeness (QED) is 0.820. The van der Waals surface area contributed by atoms with Crippen molar-refractivity contribution in [2.75, 3.05) is 37.7 Å². The number of nitrogens with one attached hydrogen (secondary N) is 1. The number of rotatable bonds is 4. The van der Waals surface area contributed by atoms with Crippen LogP contribution in [0.3, 0.4) is 0 Å². The molecule has 2 fully saturated rings. The largest absolute Gasteiger partial charge is 0.360 e. The first-order valence-corrected chi connectivity index (χ1v) is 9.35. The summed E-state index contributed by atoms with van der Waals surface area (Å²) in [5.74, 6) is -0.748. The van der Waals surface area contributed by atoms with Crippen LogP contribution in [0.5, 0.6) is 0 Å². The third-order valence-electron chi connectivity index (χ3n) is 5.49. The highest BCUT2D eigenvalue weighted by Crippen LogP contribution is 2.28. The van der Waals surface area contributed by atoms with Gasteiger partial charge in [0.1, 0.15) is 5.82 Å². The smallest absolute Gasteiger partial charge is 0.241 e. The molecule has 0 radical (unpaired) electrons. The van der Waals surface area contributed by atoms with Crippen molar-refractivity contribution < 1.29 is 18.9 Å². The first kappa shape index (κ1) is 17.7. The van der Waals surface area contributed by atoms with Gasteiger partial charge in [0.15, 0.2) is 6.67 Å². The van der Waals surface area contributed by atoms with E-state index < -0.39 is 0 Å². The summed E-state index contributed by atoms with van der Waals surface area (Å²) < 4.78 is 13.1. The van der Waals surface area contributed by atoms with Crippen LogP contribution in [0.1, 0.15) is 17.9 Å². The Bertz CT molecular complexity index is 817. The van der Waals surface area contributed by atoms with Gasteiger partial charge in [-0.05, 0) is 29.8 Å². The van der Waals surface area contributed by atoms with Gasteiger partial charge in [0.25, 0.3) is 0 Å². The first-order valence-electron chi connectivity index (χ1n) is 9.35. The standard InChI is InChI=1S/C21H22FN3O2/c22-17-6-8-18(9-7-17)24-12-10-23(11-13-24)15-25-20(26)14-19(21(25)27)16-4-2-1-3-5-16/h1-9,19H,10-15H2/p+1/t19-/m0/s1. The van der Waals surface area contributed by atoms with E-state index >= 15 is 0 Å². The second kappa shape index (κ2) is 7.48. The van der Waals surface area contributed by atoms with Crippen LogP contribution in [0.25, 0.3) is 0 Å². The normalized spacial score (nSPS) is 21.1. The topological polar surface area (TPSA) is 45.1 Å². The summed E-state index contributed by atoms with van der Waals surface area (Å²) in [5, 5.41) is 0.